The second-order valence-electron chi connectivity index (χ2n) is 7.95. The van der Waals surface area contributed by atoms with Crippen LogP contribution in [0.5, 0.6) is 0 Å². The molecule has 1 unspecified atom stereocenters. The first-order valence-electron chi connectivity index (χ1n) is 9.76. The minimum atomic E-state index is -0.476. The average Bonchev–Trinajstić information content (AvgIpc) is 3.04. The lowest BCUT2D eigenvalue weighted by Crippen LogP contribution is -2.44. The lowest BCUT2D eigenvalue weighted by atomic mass is 9.84. The topological polar surface area (TPSA) is 112 Å². The van der Waals surface area contributed by atoms with Crippen LogP contribution in [0.3, 0.4) is 0 Å². The van der Waals surface area contributed by atoms with Crippen molar-refractivity contribution in [3.8, 4) is 0 Å². The molecule has 28 heavy (non-hydrogen) atoms. The molecule has 1 rings (SSSR count). The minimum absolute atomic E-state index is 0.0809. The number of amides is 2. The van der Waals surface area contributed by atoms with E-state index in [4.69, 9.17) is 10.1 Å². The molecule has 1 aliphatic rings. The molecule has 1 heterocycles. The first-order valence-corrected chi connectivity index (χ1v) is 9.76. The van der Waals surface area contributed by atoms with E-state index < -0.39 is 11.4 Å². The van der Waals surface area contributed by atoms with Crippen molar-refractivity contribution in [2.45, 2.75) is 59.4 Å². The summed E-state index contributed by atoms with van der Waals surface area (Å²) in [7, 11) is 0. The summed E-state index contributed by atoms with van der Waals surface area (Å²) < 4.78 is 4.90. The molecule has 0 bridgehead atoms. The Kier molecular flexibility index (Phi) is 9.15. The van der Waals surface area contributed by atoms with E-state index in [9.17, 15) is 14.4 Å². The standard InChI is InChI=1S/C20H34N4O4/c1-14(2)18(27)28-12-10-22-16(25)8-9-23-19(21)20(4,5)13-15(3)24-11-6-7-17(24)26/h15H,1,6-13H2,2-5H3,(H2,21,23)(H,22,25). The van der Waals surface area contributed by atoms with Crippen LogP contribution in [0.2, 0.25) is 0 Å². The number of carbonyl (C=O) groups excluding carboxylic acids is 3. The molecule has 158 valence electrons. The van der Waals surface area contributed by atoms with Crippen LogP contribution >= 0.6 is 0 Å². The molecule has 0 aliphatic carbocycles. The summed E-state index contributed by atoms with van der Waals surface area (Å²) in [5.41, 5.74) is -0.102. The Bertz CT molecular complexity index is 615. The van der Waals surface area contributed by atoms with E-state index in [0.717, 1.165) is 13.0 Å². The van der Waals surface area contributed by atoms with Gasteiger partial charge in [0.1, 0.15) is 6.61 Å². The van der Waals surface area contributed by atoms with Crippen molar-refractivity contribution >= 4 is 23.6 Å². The van der Waals surface area contributed by atoms with E-state index in [1.807, 2.05) is 25.7 Å². The second-order valence-corrected chi connectivity index (χ2v) is 7.95. The number of rotatable bonds is 11. The Hall–Kier alpha value is -2.38. The number of amidine groups is 1. The Morgan fingerprint density at radius 1 is 1.32 bits per heavy atom. The third-order valence-electron chi connectivity index (χ3n) is 4.78. The zero-order valence-electron chi connectivity index (χ0n) is 17.5. The van der Waals surface area contributed by atoms with Crippen molar-refractivity contribution in [3.63, 3.8) is 0 Å². The zero-order valence-corrected chi connectivity index (χ0v) is 17.5. The van der Waals surface area contributed by atoms with Crippen molar-refractivity contribution in [3.05, 3.63) is 12.2 Å². The highest BCUT2D eigenvalue weighted by molar-refractivity contribution is 5.87. The van der Waals surface area contributed by atoms with Crippen molar-refractivity contribution in [2.75, 3.05) is 26.2 Å². The maximum Gasteiger partial charge on any atom is 0.333 e. The highest BCUT2D eigenvalue weighted by atomic mass is 16.5. The molecule has 0 aromatic rings. The Labute approximate surface area is 167 Å². The molecule has 0 saturated carbocycles. The van der Waals surface area contributed by atoms with Crippen LogP contribution in [0.15, 0.2) is 12.2 Å². The van der Waals surface area contributed by atoms with Gasteiger partial charge < -0.3 is 20.3 Å². The van der Waals surface area contributed by atoms with Crippen LogP contribution < -0.4 is 10.6 Å². The molecule has 0 aromatic carbocycles. The van der Waals surface area contributed by atoms with Gasteiger partial charge in [0.05, 0.1) is 12.4 Å². The maximum atomic E-state index is 11.9. The van der Waals surface area contributed by atoms with Gasteiger partial charge in [0, 0.05) is 43.0 Å². The van der Waals surface area contributed by atoms with E-state index in [1.54, 1.807) is 6.92 Å². The van der Waals surface area contributed by atoms with Crippen molar-refractivity contribution in [1.29, 1.82) is 5.41 Å². The molecule has 8 heteroatoms. The highest BCUT2D eigenvalue weighted by Crippen LogP contribution is 2.27. The Balaban J connectivity index is 2.26. The van der Waals surface area contributed by atoms with E-state index >= 15 is 0 Å². The fraction of sp³-hybridized carbons (Fsp3) is 0.700. The summed E-state index contributed by atoms with van der Waals surface area (Å²) in [6.45, 7) is 12.5. The minimum Gasteiger partial charge on any atom is -0.460 e. The van der Waals surface area contributed by atoms with Crippen molar-refractivity contribution in [1.82, 2.24) is 15.5 Å². The Morgan fingerprint density at radius 2 is 2.00 bits per heavy atom. The summed E-state index contributed by atoms with van der Waals surface area (Å²) in [6, 6.07) is 0.0809. The van der Waals surface area contributed by atoms with Gasteiger partial charge in [-0.2, -0.15) is 0 Å². The predicted octanol–water partition coefficient (Wildman–Crippen LogP) is 1.61. The van der Waals surface area contributed by atoms with Crippen molar-refractivity contribution in [2.24, 2.45) is 5.41 Å². The molecule has 1 atom stereocenters. The molecular weight excluding hydrogens is 360 g/mol. The molecule has 0 aromatic heterocycles. The molecule has 1 fully saturated rings. The lowest BCUT2D eigenvalue weighted by Gasteiger charge is -2.33. The summed E-state index contributed by atoms with van der Waals surface area (Å²) in [4.78, 5) is 36.8. The normalized spacial score (nSPS) is 15.1. The lowest BCUT2D eigenvalue weighted by molar-refractivity contribution is -0.139. The maximum absolute atomic E-state index is 11.9. The van der Waals surface area contributed by atoms with E-state index in [-0.39, 0.29) is 37.4 Å². The summed E-state index contributed by atoms with van der Waals surface area (Å²) in [5.74, 6) is -0.112. The predicted molar refractivity (Wildman–Crippen MR) is 108 cm³/mol. The van der Waals surface area contributed by atoms with Crippen LogP contribution in [-0.4, -0.2) is 60.8 Å². The quantitative estimate of drug-likeness (QED) is 0.162. The number of esters is 1. The summed E-state index contributed by atoms with van der Waals surface area (Å²) >= 11 is 0. The first kappa shape index (κ1) is 23.7. The zero-order chi connectivity index (χ0) is 21.3. The Morgan fingerprint density at radius 3 is 2.57 bits per heavy atom. The fourth-order valence-corrected chi connectivity index (χ4v) is 3.17. The molecule has 1 saturated heterocycles. The number of likely N-dealkylation sites (tertiary alicyclic amines) is 1. The number of ether oxygens (including phenoxy) is 1. The third-order valence-corrected chi connectivity index (χ3v) is 4.78. The average molecular weight is 395 g/mol. The van der Waals surface area contributed by atoms with Gasteiger partial charge in [0.2, 0.25) is 11.8 Å². The third kappa shape index (κ3) is 7.70. The number of hydrogen-bond acceptors (Lipinski definition) is 5. The van der Waals surface area contributed by atoms with E-state index in [1.165, 1.54) is 0 Å². The largest absolute Gasteiger partial charge is 0.460 e. The van der Waals surface area contributed by atoms with Crippen molar-refractivity contribution < 1.29 is 19.1 Å². The molecule has 2 amide bonds. The highest BCUT2D eigenvalue weighted by Gasteiger charge is 2.32. The first-order chi connectivity index (χ1) is 13.0. The molecular formula is C20H34N4O4. The summed E-state index contributed by atoms with van der Waals surface area (Å²) in [5, 5.41) is 14.0. The van der Waals surface area contributed by atoms with E-state index in [0.29, 0.717) is 30.8 Å². The van der Waals surface area contributed by atoms with Gasteiger partial charge in [-0.3, -0.25) is 15.0 Å². The van der Waals surface area contributed by atoms with Gasteiger partial charge in [-0.05, 0) is 26.7 Å². The second kappa shape index (κ2) is 10.8. The molecule has 8 nitrogen and oxygen atoms in total. The molecule has 0 spiro atoms. The van der Waals surface area contributed by atoms with Gasteiger partial charge >= 0.3 is 5.97 Å². The van der Waals surface area contributed by atoms with Crippen LogP contribution in [0, 0.1) is 10.8 Å². The molecule has 1 aliphatic heterocycles. The van der Waals surface area contributed by atoms with Gasteiger partial charge in [-0.1, -0.05) is 20.4 Å². The number of nitrogens with one attached hydrogen (secondary N) is 3. The van der Waals surface area contributed by atoms with E-state index in [2.05, 4.69) is 17.2 Å². The smallest absolute Gasteiger partial charge is 0.333 e. The van der Waals surface area contributed by atoms with Crippen LogP contribution in [-0.2, 0) is 19.1 Å². The van der Waals surface area contributed by atoms with Crippen LogP contribution in [0.4, 0.5) is 0 Å². The van der Waals surface area contributed by atoms with Crippen LogP contribution in [0.1, 0.15) is 53.4 Å². The SMILES string of the molecule is C=C(C)C(=O)OCCNC(=O)CCNC(=N)C(C)(C)CC(C)N1CCCC1=O. The molecule has 3 N–H and O–H groups in total. The van der Waals surface area contributed by atoms with Gasteiger partial charge in [0.15, 0.2) is 0 Å². The number of nitrogens with zero attached hydrogens (tertiary/aromatic N) is 1. The fourth-order valence-electron chi connectivity index (χ4n) is 3.17. The number of hydrogen-bond donors (Lipinski definition) is 3. The number of carbonyl (C=O) groups is 3. The van der Waals surface area contributed by atoms with Crippen LogP contribution in [0.25, 0.3) is 0 Å². The van der Waals surface area contributed by atoms with Gasteiger partial charge in [0.25, 0.3) is 0 Å². The summed E-state index contributed by atoms with van der Waals surface area (Å²) in [6.07, 6.45) is 2.42. The van der Waals surface area contributed by atoms with Gasteiger partial charge in [-0.15, -0.1) is 0 Å². The monoisotopic (exact) mass is 394 g/mol. The molecule has 0 radical (unpaired) electrons. The van der Waals surface area contributed by atoms with Gasteiger partial charge in [-0.25, -0.2) is 4.79 Å².